The van der Waals surface area contributed by atoms with Gasteiger partial charge in [0.1, 0.15) is 4.90 Å². The monoisotopic (exact) mass is 551 g/mol. The van der Waals surface area contributed by atoms with Gasteiger partial charge < -0.3 is 18.9 Å². The van der Waals surface area contributed by atoms with Crippen LogP contribution in [-0.4, -0.2) is 49.6 Å². The van der Waals surface area contributed by atoms with Crippen LogP contribution in [0, 0.1) is 0 Å². The number of benzene rings is 2. The molecule has 0 unspecified atom stereocenters. The van der Waals surface area contributed by atoms with Gasteiger partial charge >= 0.3 is 16.1 Å². The van der Waals surface area contributed by atoms with Gasteiger partial charge in [-0.1, -0.05) is 24.3 Å². The summed E-state index contributed by atoms with van der Waals surface area (Å²) in [5.41, 5.74) is 3.18. The van der Waals surface area contributed by atoms with Gasteiger partial charge in [-0.2, -0.15) is 8.42 Å². The van der Waals surface area contributed by atoms with Crippen molar-refractivity contribution in [3.05, 3.63) is 76.6 Å². The smallest absolute Gasteiger partial charge is 0.339 e. The second-order valence-corrected chi connectivity index (χ2v) is 11.3. The average molecular weight is 552 g/mol. The highest BCUT2D eigenvalue weighted by atomic mass is 32.2. The van der Waals surface area contributed by atoms with Gasteiger partial charge in [0.25, 0.3) is 0 Å². The minimum Gasteiger partial charge on any atom is -0.493 e. The number of ether oxygens (including phenoxy) is 1. The molecule has 0 atom stereocenters. The van der Waals surface area contributed by atoms with Gasteiger partial charge in [-0.05, 0) is 55.5 Å². The van der Waals surface area contributed by atoms with E-state index in [1.807, 2.05) is 4.90 Å². The molecular weight excluding hydrogens is 522 g/mol. The van der Waals surface area contributed by atoms with E-state index in [9.17, 15) is 27.9 Å². The standard InChI is InChI=1S/C29H29NO8S/c1-37-25-17-18(13-14-24(25)38-39(35,36)19-7-3-2-4-8-19)27-28-20(9-5-11-22(28)31)30(16-15-26(33)34)21-10-6-12-23(32)29(21)27/h2-4,7-8,13-14,17,27H,5-6,9-12,15-16H2,1H3,(H,33,34). The Kier molecular flexibility index (Phi) is 7.31. The normalized spacial score (nSPS) is 18.1. The zero-order chi connectivity index (χ0) is 27.7. The van der Waals surface area contributed by atoms with Crippen molar-refractivity contribution in [1.29, 1.82) is 0 Å². The van der Waals surface area contributed by atoms with Crippen molar-refractivity contribution in [2.24, 2.45) is 0 Å². The summed E-state index contributed by atoms with van der Waals surface area (Å²) in [6.07, 6.45) is 3.08. The maximum absolute atomic E-state index is 13.4. The van der Waals surface area contributed by atoms with E-state index >= 15 is 0 Å². The highest BCUT2D eigenvalue weighted by Crippen LogP contribution is 2.50. The summed E-state index contributed by atoms with van der Waals surface area (Å²) in [6, 6.07) is 12.5. The first-order valence-electron chi connectivity index (χ1n) is 12.9. The fourth-order valence-corrected chi connectivity index (χ4v) is 6.67. The lowest BCUT2D eigenvalue weighted by molar-refractivity contribution is -0.137. The van der Waals surface area contributed by atoms with Crippen LogP contribution < -0.4 is 8.92 Å². The molecule has 2 aromatic carbocycles. The maximum atomic E-state index is 13.4. The topological polar surface area (TPSA) is 127 Å². The second-order valence-electron chi connectivity index (χ2n) is 9.76. The number of carboxylic acids is 1. The number of carbonyl (C=O) groups is 3. The third kappa shape index (κ3) is 5.08. The number of carbonyl (C=O) groups excluding carboxylic acids is 2. The number of aliphatic carboxylic acids is 1. The molecule has 9 nitrogen and oxygen atoms in total. The molecule has 5 rings (SSSR count). The Morgan fingerprint density at radius 2 is 1.54 bits per heavy atom. The Morgan fingerprint density at radius 3 is 2.10 bits per heavy atom. The van der Waals surface area contributed by atoms with Crippen molar-refractivity contribution in [3.8, 4) is 11.5 Å². The quantitative estimate of drug-likeness (QED) is 0.476. The summed E-state index contributed by atoms with van der Waals surface area (Å²) in [6.45, 7) is 0.188. The molecule has 1 heterocycles. The molecule has 2 aromatic rings. The fourth-order valence-electron chi connectivity index (χ4n) is 5.71. The molecule has 0 saturated carbocycles. The predicted molar refractivity (Wildman–Crippen MR) is 141 cm³/mol. The molecule has 1 N–H and O–H groups in total. The summed E-state index contributed by atoms with van der Waals surface area (Å²) in [5.74, 6) is -1.61. The maximum Gasteiger partial charge on any atom is 0.339 e. The van der Waals surface area contributed by atoms with E-state index < -0.39 is 22.0 Å². The zero-order valence-electron chi connectivity index (χ0n) is 21.5. The van der Waals surface area contributed by atoms with E-state index in [-0.39, 0.29) is 40.9 Å². The molecule has 204 valence electrons. The summed E-state index contributed by atoms with van der Waals surface area (Å²) < 4.78 is 36.6. The van der Waals surface area contributed by atoms with Crippen molar-refractivity contribution in [3.63, 3.8) is 0 Å². The molecule has 0 spiro atoms. The van der Waals surface area contributed by atoms with Crippen LogP contribution in [0.4, 0.5) is 0 Å². The van der Waals surface area contributed by atoms with Crippen LogP contribution >= 0.6 is 0 Å². The Labute approximate surface area is 226 Å². The van der Waals surface area contributed by atoms with Gasteiger partial charge in [-0.15, -0.1) is 0 Å². The summed E-state index contributed by atoms with van der Waals surface area (Å²) in [5, 5.41) is 9.35. The molecule has 10 heteroatoms. The number of hydrogen-bond donors (Lipinski definition) is 1. The molecule has 0 saturated heterocycles. The number of allylic oxidation sites excluding steroid dienone is 4. The lowest BCUT2D eigenvalue weighted by Crippen LogP contribution is -2.39. The first-order valence-corrected chi connectivity index (χ1v) is 14.3. The number of nitrogens with zero attached hydrogens (tertiary/aromatic N) is 1. The third-order valence-electron chi connectivity index (χ3n) is 7.39. The molecule has 0 amide bonds. The predicted octanol–water partition coefficient (Wildman–Crippen LogP) is 4.35. The van der Waals surface area contributed by atoms with E-state index in [4.69, 9.17) is 8.92 Å². The number of methoxy groups -OCH3 is 1. The van der Waals surface area contributed by atoms with Gasteiger partial charge in [-0.3, -0.25) is 14.4 Å². The molecule has 3 aliphatic rings. The van der Waals surface area contributed by atoms with Gasteiger partial charge in [-0.25, -0.2) is 0 Å². The minimum absolute atomic E-state index is 0.00457. The van der Waals surface area contributed by atoms with Gasteiger partial charge in [0.15, 0.2) is 23.1 Å². The summed E-state index contributed by atoms with van der Waals surface area (Å²) >= 11 is 0. The van der Waals surface area contributed by atoms with Crippen LogP contribution in [0.2, 0.25) is 0 Å². The Bertz CT molecular complexity index is 1460. The number of ketones is 2. The number of hydrogen-bond acceptors (Lipinski definition) is 8. The molecule has 0 aromatic heterocycles. The SMILES string of the molecule is COc1cc(C2C3=C(CCCC3=O)N(CCC(=O)O)C3=C2C(=O)CCC3)ccc1OS(=O)(=O)c1ccccc1. The average Bonchev–Trinajstić information content (AvgIpc) is 2.92. The van der Waals surface area contributed by atoms with Crippen molar-refractivity contribution in [2.75, 3.05) is 13.7 Å². The highest BCUT2D eigenvalue weighted by Gasteiger charge is 2.43. The second kappa shape index (κ2) is 10.7. The highest BCUT2D eigenvalue weighted by molar-refractivity contribution is 7.87. The van der Waals surface area contributed by atoms with E-state index in [1.165, 1.54) is 25.3 Å². The van der Waals surface area contributed by atoms with E-state index in [1.54, 1.807) is 30.3 Å². The van der Waals surface area contributed by atoms with E-state index in [0.29, 0.717) is 55.2 Å². The first kappa shape index (κ1) is 26.7. The van der Waals surface area contributed by atoms with Crippen LogP contribution in [-0.2, 0) is 24.5 Å². The van der Waals surface area contributed by atoms with Crippen molar-refractivity contribution >= 4 is 27.7 Å². The number of carboxylic acid groups (broad SMARTS) is 1. The first-order chi connectivity index (χ1) is 18.7. The lowest BCUT2D eigenvalue weighted by Gasteiger charge is -2.44. The van der Waals surface area contributed by atoms with E-state index in [2.05, 4.69) is 0 Å². The molecule has 0 radical (unpaired) electrons. The fraction of sp³-hybridized carbons (Fsp3) is 0.345. The Hall–Kier alpha value is -3.92. The third-order valence-corrected chi connectivity index (χ3v) is 8.64. The Morgan fingerprint density at radius 1 is 0.923 bits per heavy atom. The summed E-state index contributed by atoms with van der Waals surface area (Å²) in [7, 11) is -2.73. The Balaban J connectivity index is 1.60. The van der Waals surface area contributed by atoms with Gasteiger partial charge in [0.2, 0.25) is 0 Å². The molecular formula is C29H29NO8S. The largest absolute Gasteiger partial charge is 0.493 e. The van der Waals surface area contributed by atoms with Crippen LogP contribution in [0.5, 0.6) is 11.5 Å². The summed E-state index contributed by atoms with van der Waals surface area (Å²) in [4.78, 5) is 40.0. The minimum atomic E-state index is -4.12. The molecule has 0 bridgehead atoms. The lowest BCUT2D eigenvalue weighted by atomic mass is 9.71. The van der Waals surface area contributed by atoms with Crippen molar-refractivity contribution in [1.82, 2.24) is 4.90 Å². The molecule has 39 heavy (non-hydrogen) atoms. The van der Waals surface area contributed by atoms with Crippen LogP contribution in [0.3, 0.4) is 0 Å². The van der Waals surface area contributed by atoms with Crippen LogP contribution in [0.1, 0.15) is 56.4 Å². The van der Waals surface area contributed by atoms with Crippen LogP contribution in [0.25, 0.3) is 0 Å². The molecule has 0 fully saturated rings. The zero-order valence-corrected chi connectivity index (χ0v) is 22.3. The molecule has 1 aliphatic heterocycles. The van der Waals surface area contributed by atoms with Gasteiger partial charge in [0, 0.05) is 47.8 Å². The van der Waals surface area contributed by atoms with Gasteiger partial charge in [0.05, 0.1) is 13.5 Å². The molecule has 2 aliphatic carbocycles. The van der Waals surface area contributed by atoms with Crippen molar-refractivity contribution in [2.45, 2.75) is 55.8 Å². The number of rotatable bonds is 8. The van der Waals surface area contributed by atoms with Crippen LogP contribution in [0.15, 0.2) is 76.0 Å². The van der Waals surface area contributed by atoms with Crippen molar-refractivity contribution < 1.29 is 36.8 Å². The number of Topliss-reactive ketones (excluding diaryl/α,β-unsaturated/α-hetero) is 2. The van der Waals surface area contributed by atoms with E-state index in [0.717, 1.165) is 11.4 Å².